The van der Waals surface area contributed by atoms with Crippen molar-refractivity contribution >= 4 is 33.1 Å². The summed E-state index contributed by atoms with van der Waals surface area (Å²) < 4.78 is 0. The second kappa shape index (κ2) is 6.01. The number of Topliss-reactive ketones (excluding diaryl/α,β-unsaturated/α-hetero) is 2. The van der Waals surface area contributed by atoms with E-state index < -0.39 is 11.6 Å². The van der Waals surface area contributed by atoms with Crippen LogP contribution in [-0.4, -0.2) is 21.8 Å². The van der Waals surface area contributed by atoms with Crippen LogP contribution in [0.25, 0.3) is 21.5 Å². The summed E-state index contributed by atoms with van der Waals surface area (Å²) in [4.78, 5) is 25.9. The molecule has 4 heteroatoms. The molecule has 4 rings (SSSR count). The molecule has 0 atom stereocenters. The second-order valence-electron chi connectivity index (χ2n) is 6.02. The molecule has 0 spiro atoms. The number of rotatable bonds is 3. The zero-order valence-electron chi connectivity index (χ0n) is 13.6. The Balaban J connectivity index is 1.93. The highest BCUT2D eigenvalue weighted by Gasteiger charge is 2.27. The first-order valence-electron chi connectivity index (χ1n) is 8.08. The number of aromatic hydroxyl groups is 2. The molecule has 0 aliphatic heterocycles. The lowest BCUT2D eigenvalue weighted by molar-refractivity contribution is 0.0815. The Labute approximate surface area is 148 Å². The van der Waals surface area contributed by atoms with Crippen molar-refractivity contribution in [1.29, 1.82) is 0 Å². The predicted octanol–water partition coefficient (Wildman–Crippen LogP) is 4.47. The van der Waals surface area contributed by atoms with Crippen LogP contribution in [0.3, 0.4) is 0 Å². The number of ketones is 2. The number of phenolic OH excluding ortho intramolecular Hbond substituents is 2. The van der Waals surface area contributed by atoms with Gasteiger partial charge in [0.1, 0.15) is 11.5 Å². The van der Waals surface area contributed by atoms with Gasteiger partial charge in [-0.25, -0.2) is 0 Å². The SMILES string of the molecule is O=C(C(=O)c1c(O)ccc2ccccc12)c1c(O)ccc2ccccc12. The molecule has 4 aromatic carbocycles. The van der Waals surface area contributed by atoms with Crippen LogP contribution in [0.5, 0.6) is 11.5 Å². The van der Waals surface area contributed by atoms with E-state index in [1.54, 1.807) is 48.5 Å². The van der Waals surface area contributed by atoms with Gasteiger partial charge in [-0.05, 0) is 33.7 Å². The summed E-state index contributed by atoms with van der Waals surface area (Å²) in [5.41, 5.74) is -0.110. The molecule has 0 aliphatic carbocycles. The van der Waals surface area contributed by atoms with Gasteiger partial charge in [-0.1, -0.05) is 60.7 Å². The highest BCUT2D eigenvalue weighted by Crippen LogP contribution is 2.32. The Bertz CT molecular complexity index is 1100. The van der Waals surface area contributed by atoms with Crippen LogP contribution in [0.4, 0.5) is 0 Å². The second-order valence-corrected chi connectivity index (χ2v) is 6.02. The van der Waals surface area contributed by atoms with Crippen LogP contribution < -0.4 is 0 Å². The number of hydrogen-bond acceptors (Lipinski definition) is 4. The van der Waals surface area contributed by atoms with E-state index in [-0.39, 0.29) is 22.6 Å². The van der Waals surface area contributed by atoms with Crippen molar-refractivity contribution in [2.75, 3.05) is 0 Å². The first-order valence-corrected chi connectivity index (χ1v) is 8.08. The van der Waals surface area contributed by atoms with Crippen molar-refractivity contribution in [2.45, 2.75) is 0 Å². The van der Waals surface area contributed by atoms with Crippen molar-refractivity contribution in [3.05, 3.63) is 83.9 Å². The highest BCUT2D eigenvalue weighted by atomic mass is 16.3. The van der Waals surface area contributed by atoms with Crippen LogP contribution in [-0.2, 0) is 0 Å². The van der Waals surface area contributed by atoms with Crippen molar-refractivity contribution in [3.8, 4) is 11.5 Å². The molecule has 0 saturated heterocycles. The zero-order chi connectivity index (χ0) is 18.3. The Morgan fingerprint density at radius 2 is 0.923 bits per heavy atom. The molecule has 0 amide bonds. The average Bonchev–Trinajstić information content (AvgIpc) is 2.67. The Hall–Kier alpha value is -3.66. The van der Waals surface area contributed by atoms with Crippen LogP contribution in [0.1, 0.15) is 20.7 Å². The van der Waals surface area contributed by atoms with Gasteiger partial charge in [-0.3, -0.25) is 9.59 Å². The Morgan fingerprint density at radius 1 is 0.538 bits per heavy atom. The largest absolute Gasteiger partial charge is 0.507 e. The zero-order valence-corrected chi connectivity index (χ0v) is 13.6. The standard InChI is InChI=1S/C22H14O4/c23-17-11-9-13-5-1-3-7-15(13)19(17)21(25)22(26)20-16-8-4-2-6-14(16)10-12-18(20)24/h1-12,23-24H. The third-order valence-corrected chi connectivity index (χ3v) is 4.47. The fourth-order valence-corrected chi connectivity index (χ4v) is 3.22. The quantitative estimate of drug-likeness (QED) is 0.425. The highest BCUT2D eigenvalue weighted by molar-refractivity contribution is 6.53. The van der Waals surface area contributed by atoms with E-state index >= 15 is 0 Å². The van der Waals surface area contributed by atoms with E-state index in [4.69, 9.17) is 0 Å². The monoisotopic (exact) mass is 342 g/mol. The number of fused-ring (bicyclic) bond motifs is 2. The first kappa shape index (κ1) is 15.8. The third kappa shape index (κ3) is 2.40. The van der Waals surface area contributed by atoms with Gasteiger partial charge in [0.15, 0.2) is 0 Å². The molecule has 0 aliphatic rings. The van der Waals surface area contributed by atoms with Crippen LogP contribution in [0.15, 0.2) is 72.8 Å². The molecule has 0 fully saturated rings. The number of benzene rings is 4. The fourth-order valence-electron chi connectivity index (χ4n) is 3.22. The van der Waals surface area contributed by atoms with Gasteiger partial charge in [0, 0.05) is 0 Å². The van der Waals surface area contributed by atoms with Crippen molar-refractivity contribution < 1.29 is 19.8 Å². The van der Waals surface area contributed by atoms with E-state index in [0.29, 0.717) is 10.8 Å². The van der Waals surface area contributed by atoms with E-state index in [1.807, 2.05) is 12.1 Å². The minimum atomic E-state index is -0.856. The summed E-state index contributed by atoms with van der Waals surface area (Å²) in [7, 11) is 0. The number of hydrogen-bond donors (Lipinski definition) is 2. The molecule has 0 aromatic heterocycles. The normalized spacial score (nSPS) is 10.9. The third-order valence-electron chi connectivity index (χ3n) is 4.47. The van der Waals surface area contributed by atoms with Gasteiger partial charge in [0.05, 0.1) is 11.1 Å². The van der Waals surface area contributed by atoms with Gasteiger partial charge < -0.3 is 10.2 Å². The van der Waals surface area contributed by atoms with Gasteiger partial charge >= 0.3 is 0 Å². The maximum Gasteiger partial charge on any atom is 0.238 e. The van der Waals surface area contributed by atoms with Gasteiger partial charge in [0.25, 0.3) is 0 Å². The summed E-state index contributed by atoms with van der Waals surface area (Å²) in [6, 6.07) is 20.2. The number of phenols is 2. The van der Waals surface area contributed by atoms with E-state index in [0.717, 1.165) is 10.8 Å². The van der Waals surface area contributed by atoms with E-state index in [9.17, 15) is 19.8 Å². The van der Waals surface area contributed by atoms with Crippen molar-refractivity contribution in [1.82, 2.24) is 0 Å². The molecule has 0 saturated carbocycles. The molecule has 0 unspecified atom stereocenters. The molecule has 2 N–H and O–H groups in total. The topological polar surface area (TPSA) is 74.6 Å². The minimum absolute atomic E-state index is 0.0552. The summed E-state index contributed by atoms with van der Waals surface area (Å²) in [5, 5.41) is 22.9. The maximum atomic E-state index is 13.0. The molecule has 0 heterocycles. The lowest BCUT2D eigenvalue weighted by Crippen LogP contribution is -2.16. The molecule has 0 radical (unpaired) electrons. The molecular formula is C22H14O4. The summed E-state index contributed by atoms with van der Waals surface area (Å²) in [5.74, 6) is -2.24. The van der Waals surface area contributed by atoms with Crippen molar-refractivity contribution in [2.24, 2.45) is 0 Å². The van der Waals surface area contributed by atoms with Gasteiger partial charge in [-0.2, -0.15) is 0 Å². The smallest absolute Gasteiger partial charge is 0.238 e. The van der Waals surface area contributed by atoms with Crippen LogP contribution in [0, 0.1) is 0 Å². The Kier molecular flexibility index (Phi) is 3.66. The molecule has 26 heavy (non-hydrogen) atoms. The van der Waals surface area contributed by atoms with Gasteiger partial charge in [0.2, 0.25) is 11.6 Å². The molecule has 126 valence electrons. The average molecular weight is 342 g/mol. The molecule has 0 bridgehead atoms. The van der Waals surface area contributed by atoms with Crippen molar-refractivity contribution in [3.63, 3.8) is 0 Å². The predicted molar refractivity (Wildman–Crippen MR) is 99.9 cm³/mol. The molecule has 4 nitrogen and oxygen atoms in total. The van der Waals surface area contributed by atoms with Crippen LogP contribution >= 0.6 is 0 Å². The maximum absolute atomic E-state index is 13.0. The van der Waals surface area contributed by atoms with E-state index in [1.165, 1.54) is 12.1 Å². The lowest BCUT2D eigenvalue weighted by Gasteiger charge is -2.10. The minimum Gasteiger partial charge on any atom is -0.507 e. The summed E-state index contributed by atoms with van der Waals surface area (Å²) in [6.07, 6.45) is 0. The van der Waals surface area contributed by atoms with Crippen LogP contribution in [0.2, 0.25) is 0 Å². The number of carbonyl (C=O) groups is 2. The molecule has 4 aromatic rings. The first-order chi connectivity index (χ1) is 12.6. The Morgan fingerprint density at radius 3 is 1.35 bits per heavy atom. The van der Waals surface area contributed by atoms with Gasteiger partial charge in [-0.15, -0.1) is 0 Å². The molecular weight excluding hydrogens is 328 g/mol. The fraction of sp³-hybridized carbons (Fsp3) is 0. The summed E-state index contributed by atoms with van der Waals surface area (Å²) in [6.45, 7) is 0. The number of carbonyl (C=O) groups excluding carboxylic acids is 2. The summed E-state index contributed by atoms with van der Waals surface area (Å²) >= 11 is 0. The van der Waals surface area contributed by atoms with E-state index in [2.05, 4.69) is 0 Å². The lowest BCUT2D eigenvalue weighted by atomic mass is 9.92.